The molecule has 32 heavy (non-hydrogen) atoms. The molecule has 4 rings (SSSR count). The first-order valence-electron chi connectivity index (χ1n) is 10.7. The number of carbonyl (C=O) groups is 1. The van der Waals surface area contributed by atoms with Gasteiger partial charge in [-0.15, -0.1) is 11.3 Å². The fourth-order valence-electron chi connectivity index (χ4n) is 3.62. The smallest absolute Gasteiger partial charge is 0.261 e. The Bertz CT molecular complexity index is 987. The molecule has 0 aliphatic carbocycles. The number of hydrogen-bond donors (Lipinski definition) is 1. The first-order valence-corrected chi connectivity index (χ1v) is 11.6. The van der Waals surface area contributed by atoms with Crippen LogP contribution in [-0.4, -0.2) is 62.2 Å². The summed E-state index contributed by atoms with van der Waals surface area (Å²) >= 11 is 1.46. The summed E-state index contributed by atoms with van der Waals surface area (Å²) in [5.41, 5.74) is 1.08. The number of carbonyl (C=O) groups excluding carboxylic acids is 1. The highest BCUT2D eigenvalue weighted by Crippen LogP contribution is 2.27. The Labute approximate surface area is 192 Å². The Morgan fingerprint density at radius 1 is 1.09 bits per heavy atom. The standard InChI is InChI=1S/C24H28N4O3S/c1-30-20-8-6-19(7-9-20)18-31-21-4-2-10-25-23(21)28-15-13-27(14-16-28)12-11-26-24(29)22-5-3-17-32-22/h2-10,17H,11-16,18H2,1H3,(H,26,29). The van der Waals surface area contributed by atoms with Crippen molar-refractivity contribution in [3.8, 4) is 11.5 Å². The van der Waals surface area contributed by atoms with Gasteiger partial charge >= 0.3 is 0 Å². The van der Waals surface area contributed by atoms with Crippen molar-refractivity contribution in [1.82, 2.24) is 15.2 Å². The zero-order valence-electron chi connectivity index (χ0n) is 18.2. The van der Waals surface area contributed by atoms with E-state index in [0.717, 1.165) is 60.5 Å². The Morgan fingerprint density at radius 2 is 1.91 bits per heavy atom. The quantitative estimate of drug-likeness (QED) is 0.538. The number of thiophene rings is 1. The molecule has 1 N–H and O–H groups in total. The van der Waals surface area contributed by atoms with Crippen LogP contribution in [0, 0.1) is 0 Å². The van der Waals surface area contributed by atoms with Crippen molar-refractivity contribution in [3.05, 3.63) is 70.5 Å². The second kappa shape index (κ2) is 11.0. The second-order valence-corrected chi connectivity index (χ2v) is 8.47. The summed E-state index contributed by atoms with van der Waals surface area (Å²) in [6.07, 6.45) is 1.81. The minimum absolute atomic E-state index is 0.00534. The molecule has 0 spiro atoms. The summed E-state index contributed by atoms with van der Waals surface area (Å²) in [5.74, 6) is 2.51. The lowest BCUT2D eigenvalue weighted by molar-refractivity contribution is 0.0952. The molecular weight excluding hydrogens is 424 g/mol. The number of pyridine rings is 1. The third-order valence-corrected chi connectivity index (χ3v) is 6.30. The van der Waals surface area contributed by atoms with Crippen LogP contribution in [0.1, 0.15) is 15.2 Å². The molecule has 2 aromatic heterocycles. The van der Waals surface area contributed by atoms with Crippen molar-refractivity contribution in [1.29, 1.82) is 0 Å². The normalized spacial score (nSPS) is 14.2. The van der Waals surface area contributed by atoms with Gasteiger partial charge in [0.05, 0.1) is 12.0 Å². The number of methoxy groups -OCH3 is 1. The number of nitrogens with one attached hydrogen (secondary N) is 1. The van der Waals surface area contributed by atoms with Gasteiger partial charge in [-0.1, -0.05) is 18.2 Å². The SMILES string of the molecule is COc1ccc(COc2cccnc2N2CCN(CCNC(=O)c3cccs3)CC2)cc1. The molecule has 0 atom stereocenters. The molecular formula is C24H28N4O3S. The summed E-state index contributed by atoms with van der Waals surface area (Å²) in [6, 6.07) is 15.5. The number of amides is 1. The van der Waals surface area contributed by atoms with E-state index in [-0.39, 0.29) is 5.91 Å². The average Bonchev–Trinajstić information content (AvgIpc) is 3.39. The Balaban J connectivity index is 1.25. The van der Waals surface area contributed by atoms with Crippen LogP contribution in [0.3, 0.4) is 0 Å². The number of piperazine rings is 1. The molecule has 1 aromatic carbocycles. The summed E-state index contributed by atoms with van der Waals surface area (Å²) in [5, 5.41) is 4.92. The van der Waals surface area contributed by atoms with Gasteiger partial charge in [0, 0.05) is 45.5 Å². The lowest BCUT2D eigenvalue weighted by Crippen LogP contribution is -2.48. The molecule has 1 saturated heterocycles. The molecule has 1 aliphatic heterocycles. The van der Waals surface area contributed by atoms with E-state index < -0.39 is 0 Å². The van der Waals surface area contributed by atoms with Gasteiger partial charge in [0.1, 0.15) is 12.4 Å². The third-order valence-electron chi connectivity index (χ3n) is 5.43. The summed E-state index contributed by atoms with van der Waals surface area (Å²) in [7, 11) is 1.66. The molecule has 168 valence electrons. The van der Waals surface area contributed by atoms with Gasteiger partial charge in [-0.05, 0) is 41.3 Å². The number of aromatic nitrogens is 1. The number of ether oxygens (including phenoxy) is 2. The van der Waals surface area contributed by atoms with Gasteiger partial charge in [-0.25, -0.2) is 4.98 Å². The van der Waals surface area contributed by atoms with Crippen molar-refractivity contribution in [2.24, 2.45) is 0 Å². The maximum atomic E-state index is 12.1. The molecule has 0 bridgehead atoms. The van der Waals surface area contributed by atoms with Crippen LogP contribution in [0.5, 0.6) is 11.5 Å². The van der Waals surface area contributed by atoms with Gasteiger partial charge in [0.2, 0.25) is 0 Å². The predicted octanol–water partition coefficient (Wildman–Crippen LogP) is 3.28. The lowest BCUT2D eigenvalue weighted by atomic mass is 10.2. The van der Waals surface area contributed by atoms with Crippen molar-refractivity contribution < 1.29 is 14.3 Å². The van der Waals surface area contributed by atoms with Crippen molar-refractivity contribution in [2.45, 2.75) is 6.61 Å². The largest absolute Gasteiger partial charge is 0.497 e. The fraction of sp³-hybridized carbons (Fsp3) is 0.333. The van der Waals surface area contributed by atoms with Crippen LogP contribution in [-0.2, 0) is 6.61 Å². The summed E-state index contributed by atoms with van der Waals surface area (Å²) < 4.78 is 11.3. The zero-order chi connectivity index (χ0) is 22.2. The number of anilines is 1. The van der Waals surface area contributed by atoms with Crippen molar-refractivity contribution >= 4 is 23.1 Å². The molecule has 3 aromatic rings. The molecule has 3 heterocycles. The highest BCUT2D eigenvalue weighted by atomic mass is 32.1. The minimum atomic E-state index is 0.00534. The predicted molar refractivity (Wildman–Crippen MR) is 127 cm³/mol. The summed E-state index contributed by atoms with van der Waals surface area (Å²) in [4.78, 5) is 22.0. The number of hydrogen-bond acceptors (Lipinski definition) is 7. The fourth-order valence-corrected chi connectivity index (χ4v) is 4.26. The van der Waals surface area contributed by atoms with Crippen LogP contribution in [0.2, 0.25) is 0 Å². The van der Waals surface area contributed by atoms with E-state index in [1.165, 1.54) is 11.3 Å². The topological polar surface area (TPSA) is 66.9 Å². The van der Waals surface area contributed by atoms with Gasteiger partial charge in [-0.3, -0.25) is 9.69 Å². The first-order chi connectivity index (χ1) is 15.7. The lowest BCUT2D eigenvalue weighted by Gasteiger charge is -2.35. The maximum Gasteiger partial charge on any atom is 0.261 e. The number of rotatable bonds is 9. The molecule has 0 unspecified atom stereocenters. The maximum absolute atomic E-state index is 12.1. The minimum Gasteiger partial charge on any atom is -0.497 e. The van der Waals surface area contributed by atoms with Crippen molar-refractivity contribution in [3.63, 3.8) is 0 Å². The van der Waals surface area contributed by atoms with Crippen LogP contribution >= 0.6 is 11.3 Å². The number of nitrogens with zero attached hydrogens (tertiary/aromatic N) is 3. The van der Waals surface area contributed by atoms with Gasteiger partial charge in [-0.2, -0.15) is 0 Å². The van der Waals surface area contributed by atoms with E-state index in [0.29, 0.717) is 13.2 Å². The first kappa shape index (κ1) is 22.1. The second-order valence-electron chi connectivity index (χ2n) is 7.52. The Kier molecular flexibility index (Phi) is 7.58. The van der Waals surface area contributed by atoms with Crippen molar-refractivity contribution in [2.75, 3.05) is 51.3 Å². The molecule has 0 radical (unpaired) electrons. The van der Waals surface area contributed by atoms with Crippen LogP contribution in [0.4, 0.5) is 5.82 Å². The molecule has 8 heteroatoms. The molecule has 7 nitrogen and oxygen atoms in total. The van der Waals surface area contributed by atoms with E-state index in [1.54, 1.807) is 7.11 Å². The van der Waals surface area contributed by atoms with Crippen LogP contribution in [0.15, 0.2) is 60.1 Å². The zero-order valence-corrected chi connectivity index (χ0v) is 19.0. The van der Waals surface area contributed by atoms with E-state index in [4.69, 9.17) is 9.47 Å². The molecule has 0 saturated carbocycles. The van der Waals surface area contributed by atoms with Gasteiger partial charge in [0.25, 0.3) is 5.91 Å². The van der Waals surface area contributed by atoms with Gasteiger partial charge in [0.15, 0.2) is 11.6 Å². The Morgan fingerprint density at radius 3 is 2.62 bits per heavy atom. The average molecular weight is 453 g/mol. The molecule has 1 amide bonds. The Hall–Kier alpha value is -3.10. The third kappa shape index (κ3) is 5.77. The van der Waals surface area contributed by atoms with Crippen LogP contribution < -0.4 is 19.7 Å². The molecule has 1 fully saturated rings. The monoisotopic (exact) mass is 452 g/mol. The highest BCUT2D eigenvalue weighted by Gasteiger charge is 2.21. The van der Waals surface area contributed by atoms with E-state index >= 15 is 0 Å². The summed E-state index contributed by atoms with van der Waals surface area (Å²) in [6.45, 7) is 5.55. The number of benzene rings is 1. The van der Waals surface area contributed by atoms with Gasteiger partial charge < -0.3 is 19.7 Å². The van der Waals surface area contributed by atoms with E-state index in [9.17, 15) is 4.79 Å². The van der Waals surface area contributed by atoms with E-state index in [1.807, 2.05) is 60.1 Å². The molecule has 1 aliphatic rings. The highest BCUT2D eigenvalue weighted by molar-refractivity contribution is 7.12. The van der Waals surface area contributed by atoms with E-state index in [2.05, 4.69) is 20.1 Å². The van der Waals surface area contributed by atoms with Crippen LogP contribution in [0.25, 0.3) is 0 Å².